The van der Waals surface area contributed by atoms with Gasteiger partial charge in [-0.15, -0.1) is 0 Å². The number of aliphatic hydroxyl groups excluding tert-OH is 1. The molecule has 5 heteroatoms. The van der Waals surface area contributed by atoms with Gasteiger partial charge in [0.25, 0.3) is 0 Å². The summed E-state index contributed by atoms with van der Waals surface area (Å²) in [7, 11) is 0. The Morgan fingerprint density at radius 3 is 2.82 bits per heavy atom. The van der Waals surface area contributed by atoms with Crippen LogP contribution in [0.4, 0.5) is 4.39 Å². The Kier molecular flexibility index (Phi) is 5.91. The average Bonchev–Trinajstić information content (AvgIpc) is 2.49. The van der Waals surface area contributed by atoms with E-state index in [-0.39, 0.29) is 23.5 Å². The van der Waals surface area contributed by atoms with Crippen molar-refractivity contribution in [3.05, 3.63) is 35.1 Å². The summed E-state index contributed by atoms with van der Waals surface area (Å²) < 4.78 is 18.7. The van der Waals surface area contributed by atoms with Gasteiger partial charge in [0.15, 0.2) is 0 Å². The lowest BCUT2D eigenvalue weighted by Crippen LogP contribution is -2.46. The molecule has 1 aliphatic carbocycles. The zero-order valence-electron chi connectivity index (χ0n) is 13.0. The van der Waals surface area contributed by atoms with E-state index in [0.717, 1.165) is 31.2 Å². The highest BCUT2D eigenvalue weighted by molar-refractivity contribution is 5.83. The molecular formula is C17H24FNO3. The fraction of sp³-hybridized carbons (Fsp3) is 0.588. The molecule has 0 saturated heterocycles. The number of hydrogen-bond donors (Lipinski definition) is 2. The minimum Gasteiger partial charge on any atom is -0.392 e. The van der Waals surface area contributed by atoms with E-state index in [9.17, 15) is 9.18 Å². The number of aliphatic hydroxyl groups is 1. The Hall–Kier alpha value is -1.46. The van der Waals surface area contributed by atoms with E-state index in [0.29, 0.717) is 19.8 Å². The van der Waals surface area contributed by atoms with Crippen LogP contribution in [0.2, 0.25) is 0 Å². The van der Waals surface area contributed by atoms with Gasteiger partial charge in [-0.3, -0.25) is 4.79 Å². The third-order valence-corrected chi connectivity index (χ3v) is 4.45. The number of rotatable bonds is 8. The number of carbonyl (C=O) groups excluding carboxylic acids is 1. The number of halogens is 1. The zero-order chi connectivity index (χ0) is 16.0. The zero-order valence-corrected chi connectivity index (χ0v) is 13.0. The van der Waals surface area contributed by atoms with Crippen LogP contribution in [0.3, 0.4) is 0 Å². The fourth-order valence-electron chi connectivity index (χ4n) is 2.84. The summed E-state index contributed by atoms with van der Waals surface area (Å²) in [6.45, 7) is 3.22. The molecule has 22 heavy (non-hydrogen) atoms. The van der Waals surface area contributed by atoms with Crippen molar-refractivity contribution >= 4 is 5.91 Å². The molecule has 1 aromatic carbocycles. The standard InChI is InChI=1S/C17H24FNO3/c1-2-22-9-8-17(6-3-7-17)16(21)19-11-13-4-5-15(18)14(10-13)12-20/h4-5,10,20H,2-3,6-9,11-12H2,1H3,(H,19,21). The molecule has 0 bridgehead atoms. The molecule has 0 radical (unpaired) electrons. The second-order valence-corrected chi connectivity index (χ2v) is 5.85. The normalized spacial score (nSPS) is 16.1. The van der Waals surface area contributed by atoms with Gasteiger partial charge in [0.05, 0.1) is 12.0 Å². The van der Waals surface area contributed by atoms with Gasteiger partial charge < -0.3 is 15.2 Å². The van der Waals surface area contributed by atoms with Crippen LogP contribution in [0.1, 0.15) is 43.7 Å². The van der Waals surface area contributed by atoms with Gasteiger partial charge in [0.1, 0.15) is 5.82 Å². The molecule has 1 fully saturated rings. The van der Waals surface area contributed by atoms with Crippen LogP contribution in [-0.2, 0) is 22.7 Å². The average molecular weight is 309 g/mol. The topological polar surface area (TPSA) is 58.6 Å². The minimum absolute atomic E-state index is 0.0494. The van der Waals surface area contributed by atoms with Gasteiger partial charge in [-0.2, -0.15) is 0 Å². The van der Waals surface area contributed by atoms with Crippen molar-refractivity contribution in [2.24, 2.45) is 5.41 Å². The first-order chi connectivity index (χ1) is 10.6. The summed E-state index contributed by atoms with van der Waals surface area (Å²) >= 11 is 0. The van der Waals surface area contributed by atoms with Crippen molar-refractivity contribution in [3.63, 3.8) is 0 Å². The molecule has 0 aliphatic heterocycles. The van der Waals surface area contributed by atoms with Crippen molar-refractivity contribution in [1.82, 2.24) is 5.32 Å². The summed E-state index contributed by atoms with van der Waals surface area (Å²) in [5.74, 6) is -0.377. The lowest BCUT2D eigenvalue weighted by Gasteiger charge is -2.40. The summed E-state index contributed by atoms with van der Waals surface area (Å²) in [4.78, 5) is 12.4. The summed E-state index contributed by atoms with van der Waals surface area (Å²) in [5, 5.41) is 12.0. The highest BCUT2D eigenvalue weighted by atomic mass is 19.1. The van der Waals surface area contributed by atoms with E-state index < -0.39 is 5.82 Å². The maximum atomic E-state index is 13.3. The fourth-order valence-corrected chi connectivity index (χ4v) is 2.84. The molecule has 4 nitrogen and oxygen atoms in total. The van der Waals surface area contributed by atoms with E-state index in [4.69, 9.17) is 9.84 Å². The molecule has 0 spiro atoms. The lowest BCUT2D eigenvalue weighted by atomic mass is 9.66. The van der Waals surface area contributed by atoms with Crippen LogP contribution < -0.4 is 5.32 Å². The van der Waals surface area contributed by atoms with Crippen LogP contribution >= 0.6 is 0 Å². The first-order valence-electron chi connectivity index (χ1n) is 7.85. The smallest absolute Gasteiger partial charge is 0.226 e. The molecule has 0 aromatic heterocycles. The number of nitrogens with one attached hydrogen (secondary N) is 1. The van der Waals surface area contributed by atoms with E-state index in [1.54, 1.807) is 12.1 Å². The highest BCUT2D eigenvalue weighted by Gasteiger charge is 2.43. The molecule has 2 N–H and O–H groups in total. The number of hydrogen-bond acceptors (Lipinski definition) is 3. The third-order valence-electron chi connectivity index (χ3n) is 4.45. The first kappa shape index (κ1) is 16.9. The van der Waals surface area contributed by atoms with Crippen LogP contribution in [0.25, 0.3) is 0 Å². The van der Waals surface area contributed by atoms with E-state index >= 15 is 0 Å². The van der Waals surface area contributed by atoms with Crippen molar-refractivity contribution < 1.29 is 19.0 Å². The van der Waals surface area contributed by atoms with Crippen LogP contribution in [-0.4, -0.2) is 24.2 Å². The molecule has 1 aromatic rings. The molecule has 1 saturated carbocycles. The molecular weight excluding hydrogens is 285 g/mol. The Morgan fingerprint density at radius 1 is 1.45 bits per heavy atom. The van der Waals surface area contributed by atoms with Crippen LogP contribution in [0, 0.1) is 11.2 Å². The van der Waals surface area contributed by atoms with E-state index in [1.165, 1.54) is 6.07 Å². The molecule has 1 amide bonds. The van der Waals surface area contributed by atoms with Crippen LogP contribution in [0.5, 0.6) is 0 Å². The van der Waals surface area contributed by atoms with Gasteiger partial charge in [-0.05, 0) is 43.9 Å². The molecule has 0 heterocycles. The van der Waals surface area contributed by atoms with Gasteiger partial charge in [-0.1, -0.05) is 12.5 Å². The predicted molar refractivity (Wildman–Crippen MR) is 81.6 cm³/mol. The monoisotopic (exact) mass is 309 g/mol. The first-order valence-corrected chi connectivity index (χ1v) is 7.85. The molecule has 122 valence electrons. The summed E-state index contributed by atoms with van der Waals surface area (Å²) in [6.07, 6.45) is 3.62. The Morgan fingerprint density at radius 2 is 2.23 bits per heavy atom. The Bertz CT molecular complexity index is 515. The number of amides is 1. The number of ether oxygens (including phenoxy) is 1. The predicted octanol–water partition coefficient (Wildman–Crippen LogP) is 2.53. The Balaban J connectivity index is 1.91. The van der Waals surface area contributed by atoms with Gasteiger partial charge >= 0.3 is 0 Å². The molecule has 0 unspecified atom stereocenters. The Labute approximate surface area is 130 Å². The maximum absolute atomic E-state index is 13.3. The largest absolute Gasteiger partial charge is 0.392 e. The van der Waals surface area contributed by atoms with Crippen molar-refractivity contribution in [2.45, 2.75) is 45.8 Å². The van der Waals surface area contributed by atoms with E-state index in [1.807, 2.05) is 6.92 Å². The molecule has 0 atom stereocenters. The van der Waals surface area contributed by atoms with Crippen molar-refractivity contribution in [1.29, 1.82) is 0 Å². The van der Waals surface area contributed by atoms with Crippen molar-refractivity contribution in [2.75, 3.05) is 13.2 Å². The highest BCUT2D eigenvalue weighted by Crippen LogP contribution is 2.44. The second-order valence-electron chi connectivity index (χ2n) is 5.85. The number of carbonyl (C=O) groups is 1. The summed E-state index contributed by atoms with van der Waals surface area (Å²) in [6, 6.07) is 4.53. The molecule has 2 rings (SSSR count). The summed E-state index contributed by atoms with van der Waals surface area (Å²) in [5.41, 5.74) is 0.745. The minimum atomic E-state index is -0.426. The molecule has 1 aliphatic rings. The second kappa shape index (κ2) is 7.70. The lowest BCUT2D eigenvalue weighted by molar-refractivity contribution is -0.137. The van der Waals surface area contributed by atoms with Gasteiger partial charge in [-0.25, -0.2) is 4.39 Å². The van der Waals surface area contributed by atoms with Crippen LogP contribution in [0.15, 0.2) is 18.2 Å². The van der Waals surface area contributed by atoms with Gasteiger partial charge in [0.2, 0.25) is 5.91 Å². The quantitative estimate of drug-likeness (QED) is 0.726. The van der Waals surface area contributed by atoms with Gasteiger partial charge in [0, 0.05) is 25.3 Å². The SMILES string of the molecule is CCOCCC1(C(=O)NCc2ccc(F)c(CO)c2)CCC1. The van der Waals surface area contributed by atoms with Crippen molar-refractivity contribution in [3.8, 4) is 0 Å². The van der Waals surface area contributed by atoms with E-state index in [2.05, 4.69) is 5.32 Å². The number of benzene rings is 1. The third kappa shape index (κ3) is 3.84. The maximum Gasteiger partial charge on any atom is 0.226 e.